The first-order valence-electron chi connectivity index (χ1n) is 7.91. The molecule has 0 spiro atoms. The average Bonchev–Trinajstić information content (AvgIpc) is 3.06. The van der Waals surface area contributed by atoms with E-state index in [9.17, 15) is 9.59 Å². The van der Waals surface area contributed by atoms with Crippen LogP contribution in [0, 0.1) is 0 Å². The van der Waals surface area contributed by atoms with Crippen molar-refractivity contribution in [3.63, 3.8) is 0 Å². The standard InChI is InChI=1S/C18H19N3O4/c1-4-21-12(7-8-19-21)11-20(2)18(23)15-10-17(22)25-16-9-13(24-3)5-6-14(15)16/h5-10H,4,11H2,1-3H3. The second-order valence-electron chi connectivity index (χ2n) is 5.64. The number of methoxy groups -OCH3 is 1. The highest BCUT2D eigenvalue weighted by molar-refractivity contribution is 6.05. The van der Waals surface area contributed by atoms with E-state index in [4.69, 9.17) is 9.15 Å². The quantitative estimate of drug-likeness (QED) is 0.666. The van der Waals surface area contributed by atoms with Crippen molar-refractivity contribution in [3.05, 3.63) is 58.2 Å². The van der Waals surface area contributed by atoms with E-state index in [0.717, 1.165) is 12.2 Å². The summed E-state index contributed by atoms with van der Waals surface area (Å²) in [6.07, 6.45) is 1.70. The zero-order valence-electron chi connectivity index (χ0n) is 14.4. The highest BCUT2D eigenvalue weighted by atomic mass is 16.5. The first-order valence-corrected chi connectivity index (χ1v) is 7.91. The minimum atomic E-state index is -0.573. The fourth-order valence-corrected chi connectivity index (χ4v) is 2.75. The van der Waals surface area contributed by atoms with Crippen LogP contribution in [0.3, 0.4) is 0 Å². The summed E-state index contributed by atoms with van der Waals surface area (Å²) in [5, 5.41) is 4.77. The molecule has 1 aromatic carbocycles. The molecule has 3 rings (SSSR count). The van der Waals surface area contributed by atoms with Gasteiger partial charge in [-0.25, -0.2) is 4.79 Å². The molecule has 7 nitrogen and oxygen atoms in total. The van der Waals surface area contributed by atoms with Crippen molar-refractivity contribution in [1.29, 1.82) is 0 Å². The highest BCUT2D eigenvalue weighted by Gasteiger charge is 2.18. The number of hydrogen-bond donors (Lipinski definition) is 0. The molecule has 0 aliphatic carbocycles. The lowest BCUT2D eigenvalue weighted by atomic mass is 10.1. The molecule has 0 saturated carbocycles. The Morgan fingerprint density at radius 1 is 1.32 bits per heavy atom. The lowest BCUT2D eigenvalue weighted by Crippen LogP contribution is -2.28. The minimum absolute atomic E-state index is 0.257. The van der Waals surface area contributed by atoms with Gasteiger partial charge < -0.3 is 14.1 Å². The third kappa shape index (κ3) is 3.26. The fourth-order valence-electron chi connectivity index (χ4n) is 2.75. The number of aryl methyl sites for hydroxylation is 1. The molecule has 0 radical (unpaired) electrons. The van der Waals surface area contributed by atoms with E-state index in [1.807, 2.05) is 17.7 Å². The topological polar surface area (TPSA) is 77.6 Å². The second-order valence-corrected chi connectivity index (χ2v) is 5.64. The van der Waals surface area contributed by atoms with E-state index in [1.165, 1.54) is 13.2 Å². The van der Waals surface area contributed by atoms with Crippen molar-refractivity contribution in [2.75, 3.05) is 14.2 Å². The molecule has 7 heteroatoms. The van der Waals surface area contributed by atoms with E-state index in [1.54, 1.807) is 36.3 Å². The van der Waals surface area contributed by atoms with Crippen LogP contribution >= 0.6 is 0 Å². The molecule has 2 heterocycles. The summed E-state index contributed by atoms with van der Waals surface area (Å²) in [5.41, 5.74) is 0.976. The molecule has 0 fully saturated rings. The Bertz CT molecular complexity index is 974. The lowest BCUT2D eigenvalue weighted by Gasteiger charge is -2.18. The number of fused-ring (bicyclic) bond motifs is 1. The van der Waals surface area contributed by atoms with Gasteiger partial charge in [-0.2, -0.15) is 5.10 Å². The number of ether oxygens (including phenoxy) is 1. The number of amides is 1. The summed E-state index contributed by atoms with van der Waals surface area (Å²) in [4.78, 5) is 26.3. The Hall–Kier alpha value is -3.09. The Kier molecular flexibility index (Phi) is 4.56. The van der Waals surface area contributed by atoms with Crippen LogP contribution in [0.2, 0.25) is 0 Å². The van der Waals surface area contributed by atoms with Gasteiger partial charge >= 0.3 is 5.63 Å². The van der Waals surface area contributed by atoms with Crippen molar-refractivity contribution in [2.24, 2.45) is 0 Å². The van der Waals surface area contributed by atoms with Crippen LogP contribution in [0.4, 0.5) is 0 Å². The average molecular weight is 341 g/mol. The van der Waals surface area contributed by atoms with Crippen molar-refractivity contribution < 1.29 is 13.9 Å². The lowest BCUT2D eigenvalue weighted by molar-refractivity contribution is 0.0783. The van der Waals surface area contributed by atoms with Gasteiger partial charge in [-0.15, -0.1) is 0 Å². The molecular weight excluding hydrogens is 322 g/mol. The first-order chi connectivity index (χ1) is 12.0. The summed E-state index contributed by atoms with van der Waals surface area (Å²) in [7, 11) is 3.22. The van der Waals surface area contributed by atoms with Gasteiger partial charge in [-0.05, 0) is 25.1 Å². The molecule has 0 unspecified atom stereocenters. The Balaban J connectivity index is 1.97. The summed E-state index contributed by atoms with van der Waals surface area (Å²) in [6, 6.07) is 8.14. The maximum Gasteiger partial charge on any atom is 0.337 e. The van der Waals surface area contributed by atoms with Crippen LogP contribution < -0.4 is 10.4 Å². The molecule has 3 aromatic rings. The van der Waals surface area contributed by atoms with Gasteiger partial charge in [0.05, 0.1) is 24.9 Å². The van der Waals surface area contributed by atoms with Gasteiger partial charge in [0.2, 0.25) is 0 Å². The van der Waals surface area contributed by atoms with Gasteiger partial charge in [0, 0.05) is 37.3 Å². The number of carbonyl (C=O) groups is 1. The smallest absolute Gasteiger partial charge is 0.337 e. The molecule has 25 heavy (non-hydrogen) atoms. The van der Waals surface area contributed by atoms with E-state index in [2.05, 4.69) is 5.10 Å². The Morgan fingerprint density at radius 2 is 2.12 bits per heavy atom. The van der Waals surface area contributed by atoms with E-state index in [-0.39, 0.29) is 5.91 Å². The van der Waals surface area contributed by atoms with Crippen molar-refractivity contribution in [3.8, 4) is 5.75 Å². The number of benzene rings is 1. The third-order valence-corrected chi connectivity index (χ3v) is 4.03. The normalized spacial score (nSPS) is 10.8. The molecule has 0 saturated heterocycles. The minimum Gasteiger partial charge on any atom is -0.497 e. The van der Waals surface area contributed by atoms with Gasteiger partial charge in [-0.1, -0.05) is 0 Å². The van der Waals surface area contributed by atoms with Crippen LogP contribution in [0.5, 0.6) is 5.75 Å². The van der Waals surface area contributed by atoms with Crippen LogP contribution in [0.25, 0.3) is 11.0 Å². The van der Waals surface area contributed by atoms with Crippen LogP contribution in [-0.4, -0.2) is 34.7 Å². The highest BCUT2D eigenvalue weighted by Crippen LogP contribution is 2.23. The molecule has 0 bridgehead atoms. The molecule has 130 valence electrons. The second kappa shape index (κ2) is 6.80. The van der Waals surface area contributed by atoms with Crippen molar-refractivity contribution in [1.82, 2.24) is 14.7 Å². The van der Waals surface area contributed by atoms with E-state index < -0.39 is 5.63 Å². The predicted molar refractivity (Wildman–Crippen MR) is 92.7 cm³/mol. The summed E-state index contributed by atoms with van der Waals surface area (Å²) in [5.74, 6) is 0.298. The monoisotopic (exact) mass is 341 g/mol. The van der Waals surface area contributed by atoms with E-state index >= 15 is 0 Å². The third-order valence-electron chi connectivity index (χ3n) is 4.03. The largest absolute Gasteiger partial charge is 0.497 e. The predicted octanol–water partition coefficient (Wildman–Crippen LogP) is 2.29. The van der Waals surface area contributed by atoms with Crippen molar-refractivity contribution >= 4 is 16.9 Å². The molecule has 1 amide bonds. The molecule has 2 aromatic heterocycles. The fraction of sp³-hybridized carbons (Fsp3) is 0.278. The van der Waals surface area contributed by atoms with Crippen LogP contribution in [0.1, 0.15) is 23.0 Å². The number of aromatic nitrogens is 2. The number of carbonyl (C=O) groups excluding carboxylic acids is 1. The molecule has 0 aliphatic rings. The maximum absolute atomic E-state index is 12.9. The summed E-state index contributed by atoms with van der Waals surface area (Å²) < 4.78 is 12.2. The van der Waals surface area contributed by atoms with Crippen LogP contribution in [-0.2, 0) is 13.1 Å². The number of hydrogen-bond acceptors (Lipinski definition) is 5. The number of rotatable bonds is 5. The zero-order chi connectivity index (χ0) is 18.0. The van der Waals surface area contributed by atoms with E-state index in [0.29, 0.717) is 28.8 Å². The van der Waals surface area contributed by atoms with Crippen molar-refractivity contribution in [2.45, 2.75) is 20.0 Å². The summed E-state index contributed by atoms with van der Waals surface area (Å²) >= 11 is 0. The van der Waals surface area contributed by atoms with Gasteiger partial charge in [0.1, 0.15) is 11.3 Å². The maximum atomic E-state index is 12.9. The SMILES string of the molecule is CCn1nccc1CN(C)C(=O)c1cc(=O)oc2cc(OC)ccc12. The number of nitrogens with zero attached hydrogens (tertiary/aromatic N) is 3. The first kappa shape index (κ1) is 16.8. The Labute approximate surface area is 144 Å². The van der Waals surface area contributed by atoms with Gasteiger partial charge in [0.25, 0.3) is 5.91 Å². The molecule has 0 atom stereocenters. The summed E-state index contributed by atoms with van der Waals surface area (Å²) in [6.45, 7) is 3.11. The van der Waals surface area contributed by atoms with Gasteiger partial charge in [0.15, 0.2) is 0 Å². The van der Waals surface area contributed by atoms with Crippen LogP contribution in [0.15, 0.2) is 45.7 Å². The molecule has 0 N–H and O–H groups in total. The molecule has 0 aliphatic heterocycles. The molecular formula is C18H19N3O4. The zero-order valence-corrected chi connectivity index (χ0v) is 14.4. The van der Waals surface area contributed by atoms with Gasteiger partial charge in [-0.3, -0.25) is 9.48 Å². The Morgan fingerprint density at radius 3 is 2.84 bits per heavy atom.